The topological polar surface area (TPSA) is 42.3 Å². The van der Waals surface area contributed by atoms with Gasteiger partial charge in [0.25, 0.3) is 0 Å². The molecule has 3 nitrogen and oxygen atoms in total. The lowest BCUT2D eigenvalue weighted by Gasteiger charge is -2.12. The zero-order chi connectivity index (χ0) is 11.5. The summed E-state index contributed by atoms with van der Waals surface area (Å²) in [4.78, 5) is 4.15. The molecule has 1 atom stereocenters. The van der Waals surface area contributed by atoms with Crippen LogP contribution in [0.2, 0.25) is 0 Å². The molecule has 0 aliphatic rings. The largest absolute Gasteiger partial charge is 0.255 e. The Kier molecular flexibility index (Phi) is 3.74. The van der Waals surface area contributed by atoms with Crippen LogP contribution < -0.4 is 0 Å². The molecule has 0 bridgehead atoms. The fourth-order valence-electron chi connectivity index (χ4n) is 0.816. The van der Waals surface area contributed by atoms with E-state index in [4.69, 9.17) is 0 Å². The van der Waals surface area contributed by atoms with Gasteiger partial charge in [0.1, 0.15) is 11.0 Å². The van der Waals surface area contributed by atoms with E-state index in [1.54, 1.807) is 12.4 Å². The third-order valence-corrected chi connectivity index (χ3v) is 3.08. The van der Waals surface area contributed by atoms with Crippen molar-refractivity contribution in [2.24, 2.45) is 4.40 Å². The van der Waals surface area contributed by atoms with Gasteiger partial charge in [-0.05, 0) is 39.3 Å². The minimum absolute atomic E-state index is 0.318. The molecule has 0 saturated heterocycles. The highest BCUT2D eigenvalue weighted by Crippen LogP contribution is 2.11. The Labute approximate surface area is 93.2 Å². The zero-order valence-corrected chi connectivity index (χ0v) is 10.3. The van der Waals surface area contributed by atoms with Gasteiger partial charge in [-0.2, -0.15) is 4.40 Å². The average molecular weight is 224 g/mol. The minimum Gasteiger partial charge on any atom is -0.255 e. The quantitative estimate of drug-likeness (QED) is 0.723. The van der Waals surface area contributed by atoms with Crippen LogP contribution in [0.1, 0.15) is 32.0 Å². The number of rotatable bonds is 2. The van der Waals surface area contributed by atoms with Gasteiger partial charge in [0.2, 0.25) is 0 Å². The fourth-order valence-corrected chi connectivity index (χ4v) is 1.34. The molecule has 15 heavy (non-hydrogen) atoms. The molecule has 1 aromatic heterocycles. The van der Waals surface area contributed by atoms with E-state index in [1.807, 2.05) is 39.8 Å². The maximum atomic E-state index is 11.6. The van der Waals surface area contributed by atoms with Crippen molar-refractivity contribution in [2.45, 2.75) is 32.4 Å². The molecule has 0 fully saturated rings. The summed E-state index contributed by atoms with van der Waals surface area (Å²) in [5.41, 5.74) is 1.84. The van der Waals surface area contributed by atoms with Crippen LogP contribution in [0.15, 0.2) is 22.7 Å². The highest BCUT2D eigenvalue weighted by molar-refractivity contribution is 7.85. The Hall–Kier alpha value is -1.03. The predicted molar refractivity (Wildman–Crippen MR) is 64.5 cm³/mol. The summed E-state index contributed by atoms with van der Waals surface area (Å²) < 4.78 is 15.3. The Morgan fingerprint density at radius 3 is 2.53 bits per heavy atom. The summed E-state index contributed by atoms with van der Waals surface area (Å²) in [5.74, 6) is 0. The molecule has 0 spiro atoms. The second-order valence-corrected chi connectivity index (χ2v) is 6.29. The first-order chi connectivity index (χ1) is 6.89. The van der Waals surface area contributed by atoms with Crippen molar-refractivity contribution in [3.05, 3.63) is 29.6 Å². The standard InChI is InChI=1S/C11H16N2OS/c1-9-5-6-10(12-7-9)8-13-15(14)11(2,3)4/h5-8H,1-4H3. The first-order valence-corrected chi connectivity index (χ1v) is 5.89. The average Bonchev–Trinajstić information content (AvgIpc) is 2.15. The van der Waals surface area contributed by atoms with E-state index in [1.165, 1.54) is 0 Å². The highest BCUT2D eigenvalue weighted by Gasteiger charge is 2.18. The summed E-state index contributed by atoms with van der Waals surface area (Å²) in [6.45, 7) is 7.65. The van der Waals surface area contributed by atoms with E-state index in [0.717, 1.165) is 11.3 Å². The van der Waals surface area contributed by atoms with E-state index in [2.05, 4.69) is 9.38 Å². The van der Waals surface area contributed by atoms with Crippen LogP contribution in [0.25, 0.3) is 0 Å². The first kappa shape index (κ1) is 12.0. The van der Waals surface area contributed by atoms with E-state index in [-0.39, 0.29) is 4.75 Å². The van der Waals surface area contributed by atoms with Gasteiger partial charge in [0.15, 0.2) is 0 Å². The molecular weight excluding hydrogens is 208 g/mol. The smallest absolute Gasteiger partial charge is 0.144 e. The second kappa shape index (κ2) is 4.66. The molecule has 82 valence electrons. The van der Waals surface area contributed by atoms with Gasteiger partial charge < -0.3 is 0 Å². The third kappa shape index (κ3) is 3.91. The Morgan fingerprint density at radius 1 is 1.40 bits per heavy atom. The summed E-state index contributed by atoms with van der Waals surface area (Å²) >= 11 is 0. The van der Waals surface area contributed by atoms with Crippen molar-refractivity contribution in [3.8, 4) is 0 Å². The molecule has 0 amide bonds. The van der Waals surface area contributed by atoms with Crippen LogP contribution >= 0.6 is 0 Å². The Balaban J connectivity index is 2.74. The van der Waals surface area contributed by atoms with Crippen LogP contribution in [-0.4, -0.2) is 20.2 Å². The van der Waals surface area contributed by atoms with Crippen molar-refractivity contribution in [1.82, 2.24) is 4.98 Å². The Morgan fingerprint density at radius 2 is 2.07 bits per heavy atom. The van der Waals surface area contributed by atoms with Crippen molar-refractivity contribution >= 4 is 17.2 Å². The summed E-state index contributed by atoms with van der Waals surface area (Å²) in [6.07, 6.45) is 3.32. The molecular formula is C11H16N2OS. The normalized spacial score (nSPS) is 14.4. The number of hydrogen-bond donors (Lipinski definition) is 0. The number of pyridine rings is 1. The Bertz CT molecular complexity index is 377. The zero-order valence-electron chi connectivity index (χ0n) is 9.52. The molecule has 4 heteroatoms. The molecule has 0 aliphatic carbocycles. The number of aryl methyl sites for hydroxylation is 1. The molecule has 1 rings (SSSR count). The molecule has 0 aliphatic heterocycles. The van der Waals surface area contributed by atoms with Crippen molar-refractivity contribution in [2.75, 3.05) is 0 Å². The van der Waals surface area contributed by atoms with Gasteiger partial charge in [0.05, 0.1) is 16.7 Å². The van der Waals surface area contributed by atoms with Gasteiger partial charge in [-0.1, -0.05) is 6.07 Å². The van der Waals surface area contributed by atoms with E-state index in [0.29, 0.717) is 0 Å². The highest BCUT2D eigenvalue weighted by atomic mass is 32.2. The maximum absolute atomic E-state index is 11.6. The summed E-state index contributed by atoms with van der Waals surface area (Å²) in [6, 6.07) is 3.81. The molecule has 1 unspecified atom stereocenters. The lowest BCUT2D eigenvalue weighted by molar-refractivity contribution is 0.651. The van der Waals surface area contributed by atoms with E-state index >= 15 is 0 Å². The maximum Gasteiger partial charge on any atom is 0.144 e. The summed E-state index contributed by atoms with van der Waals surface area (Å²) in [5, 5.41) is 0. The van der Waals surface area contributed by atoms with Gasteiger partial charge in [-0.3, -0.25) is 4.98 Å². The van der Waals surface area contributed by atoms with Gasteiger partial charge in [-0.25, -0.2) is 4.21 Å². The minimum atomic E-state index is -1.21. The van der Waals surface area contributed by atoms with Gasteiger partial charge in [0, 0.05) is 6.20 Å². The second-order valence-electron chi connectivity index (χ2n) is 4.36. The number of nitrogens with zero attached hydrogens (tertiary/aromatic N) is 2. The fraction of sp³-hybridized carbons (Fsp3) is 0.455. The molecule has 0 N–H and O–H groups in total. The van der Waals surface area contributed by atoms with Crippen LogP contribution in [-0.2, 0) is 11.0 Å². The lowest BCUT2D eigenvalue weighted by Crippen LogP contribution is -2.19. The first-order valence-electron chi connectivity index (χ1n) is 4.78. The molecule has 0 aromatic carbocycles. The molecule has 1 heterocycles. The van der Waals surface area contributed by atoms with Crippen LogP contribution in [0.5, 0.6) is 0 Å². The van der Waals surface area contributed by atoms with E-state index < -0.39 is 11.0 Å². The third-order valence-electron chi connectivity index (χ3n) is 1.74. The predicted octanol–water partition coefficient (Wildman–Crippen LogP) is 2.27. The van der Waals surface area contributed by atoms with E-state index in [9.17, 15) is 4.21 Å². The monoisotopic (exact) mass is 224 g/mol. The SMILES string of the molecule is Cc1ccc(C=NS(=O)C(C)(C)C)nc1. The van der Waals surface area contributed by atoms with Gasteiger partial charge >= 0.3 is 0 Å². The van der Waals surface area contributed by atoms with Gasteiger partial charge in [-0.15, -0.1) is 0 Å². The van der Waals surface area contributed by atoms with Crippen LogP contribution in [0.4, 0.5) is 0 Å². The van der Waals surface area contributed by atoms with Crippen molar-refractivity contribution in [3.63, 3.8) is 0 Å². The summed E-state index contributed by atoms with van der Waals surface area (Å²) in [7, 11) is -1.21. The van der Waals surface area contributed by atoms with Crippen molar-refractivity contribution < 1.29 is 4.21 Å². The number of hydrogen-bond acceptors (Lipinski definition) is 2. The molecule has 0 saturated carbocycles. The lowest BCUT2D eigenvalue weighted by atomic mass is 10.3. The van der Waals surface area contributed by atoms with Crippen LogP contribution in [0, 0.1) is 6.92 Å². The molecule has 0 radical (unpaired) electrons. The van der Waals surface area contributed by atoms with Crippen molar-refractivity contribution in [1.29, 1.82) is 0 Å². The van der Waals surface area contributed by atoms with Crippen LogP contribution in [0.3, 0.4) is 0 Å². The number of aromatic nitrogens is 1. The molecule has 1 aromatic rings.